The molecule has 4 N–H and O–H groups in total. The van der Waals surface area contributed by atoms with Crippen molar-refractivity contribution in [3.05, 3.63) is 53.9 Å². The molecule has 0 spiro atoms. The fourth-order valence-electron chi connectivity index (χ4n) is 5.32. The van der Waals surface area contributed by atoms with E-state index in [4.69, 9.17) is 15.2 Å². The van der Waals surface area contributed by atoms with Crippen LogP contribution in [0.25, 0.3) is 0 Å². The van der Waals surface area contributed by atoms with Crippen molar-refractivity contribution in [2.24, 2.45) is 0 Å². The van der Waals surface area contributed by atoms with Crippen LogP contribution in [-0.4, -0.2) is 57.9 Å². The summed E-state index contributed by atoms with van der Waals surface area (Å²) < 4.78 is 11.3. The van der Waals surface area contributed by atoms with E-state index >= 15 is 0 Å². The summed E-state index contributed by atoms with van der Waals surface area (Å²) in [6.45, 7) is 7.69. The summed E-state index contributed by atoms with van der Waals surface area (Å²) in [5.41, 5.74) is 6.45. The van der Waals surface area contributed by atoms with Gasteiger partial charge in [-0.2, -0.15) is 0 Å². The van der Waals surface area contributed by atoms with Crippen LogP contribution in [0.15, 0.2) is 42.7 Å². The van der Waals surface area contributed by atoms with Crippen molar-refractivity contribution in [1.82, 2.24) is 15.2 Å². The molecule has 1 fully saturated rings. The van der Waals surface area contributed by atoms with Gasteiger partial charge in [-0.05, 0) is 76.6 Å². The summed E-state index contributed by atoms with van der Waals surface area (Å²) in [5.74, 6) is -0.622. The minimum Gasteiger partial charge on any atom is -0.508 e. The van der Waals surface area contributed by atoms with Crippen molar-refractivity contribution >= 4 is 17.6 Å². The van der Waals surface area contributed by atoms with Crippen molar-refractivity contribution in [3.63, 3.8) is 0 Å². The van der Waals surface area contributed by atoms with Crippen LogP contribution in [0, 0.1) is 0 Å². The molecule has 0 saturated heterocycles. The molecule has 2 atom stereocenters. The molecule has 1 aliphatic carbocycles. The highest BCUT2D eigenvalue weighted by atomic mass is 16.5. The van der Waals surface area contributed by atoms with Crippen LogP contribution in [-0.2, 0) is 19.1 Å². The Balaban J connectivity index is 2.18. The summed E-state index contributed by atoms with van der Waals surface area (Å²) in [6, 6.07) is 7.35. The first-order valence-electron chi connectivity index (χ1n) is 13.8. The van der Waals surface area contributed by atoms with E-state index in [1.54, 1.807) is 29.4 Å². The van der Waals surface area contributed by atoms with E-state index in [2.05, 4.69) is 10.3 Å². The highest BCUT2D eigenvalue weighted by molar-refractivity contribution is 5.85. The number of anilines is 1. The third kappa shape index (κ3) is 7.70. The number of hydrogen-bond acceptors (Lipinski definition) is 8. The van der Waals surface area contributed by atoms with Gasteiger partial charge in [-0.25, -0.2) is 4.79 Å². The second kappa shape index (κ2) is 13.3. The number of phenols is 1. The first-order chi connectivity index (χ1) is 18.5. The molecule has 1 saturated carbocycles. The lowest BCUT2D eigenvalue weighted by atomic mass is 9.83. The van der Waals surface area contributed by atoms with Gasteiger partial charge in [0.15, 0.2) is 6.04 Å². The standard InChI is InChI=1S/C30H44N4O5/c1-6-10-26(36)34(24(28(37)38-5)20-39-29(2,3)4)30(15-8-7-9-16-30)33-27(21-13-17-32-18-14-21)23-12-11-22(31)19-25(23)35/h11-14,17-19,24,27,33,35H,6-10,15-16,20,31H2,1-5H3. The van der Waals surface area contributed by atoms with Crippen LogP contribution >= 0.6 is 0 Å². The number of ether oxygens (including phenoxy) is 2. The van der Waals surface area contributed by atoms with E-state index < -0.39 is 29.3 Å². The highest BCUT2D eigenvalue weighted by Crippen LogP contribution is 2.40. The molecule has 2 unspecified atom stereocenters. The largest absolute Gasteiger partial charge is 0.508 e. The lowest BCUT2D eigenvalue weighted by Crippen LogP contribution is -2.68. The molecule has 1 aromatic heterocycles. The highest BCUT2D eigenvalue weighted by Gasteiger charge is 2.48. The van der Waals surface area contributed by atoms with Gasteiger partial charge >= 0.3 is 5.97 Å². The molecule has 214 valence electrons. The van der Waals surface area contributed by atoms with Gasteiger partial charge in [0.25, 0.3) is 0 Å². The maximum absolute atomic E-state index is 13.9. The Labute approximate surface area is 232 Å². The number of carbonyl (C=O) groups excluding carboxylic acids is 2. The maximum atomic E-state index is 13.9. The molecule has 3 rings (SSSR count). The molecule has 1 heterocycles. The summed E-state index contributed by atoms with van der Waals surface area (Å²) in [6.07, 6.45) is 8.31. The van der Waals surface area contributed by atoms with Crippen LogP contribution < -0.4 is 11.1 Å². The molecule has 1 amide bonds. The van der Waals surface area contributed by atoms with Crippen molar-refractivity contribution in [1.29, 1.82) is 0 Å². The van der Waals surface area contributed by atoms with Gasteiger partial charge < -0.3 is 25.2 Å². The number of carbonyl (C=O) groups is 2. The number of phenolic OH excluding ortho intramolecular Hbond substituents is 1. The van der Waals surface area contributed by atoms with Crippen LogP contribution in [0.3, 0.4) is 0 Å². The van der Waals surface area contributed by atoms with E-state index in [-0.39, 0.29) is 24.7 Å². The molecule has 2 aromatic rings. The monoisotopic (exact) mass is 540 g/mol. The SMILES string of the molecule is CCCC(=O)N(C(COC(C)(C)C)C(=O)OC)C1(NC(c2ccncc2)c2ccc(N)cc2O)CCCCC1. The Morgan fingerprint density at radius 3 is 2.38 bits per heavy atom. The number of nitrogens with zero attached hydrogens (tertiary/aromatic N) is 2. The summed E-state index contributed by atoms with van der Waals surface area (Å²) in [7, 11) is 1.34. The maximum Gasteiger partial charge on any atom is 0.331 e. The molecular formula is C30H44N4O5. The first kappa shape index (κ1) is 30.4. The molecule has 9 heteroatoms. The zero-order valence-electron chi connectivity index (χ0n) is 23.9. The molecule has 9 nitrogen and oxygen atoms in total. The quantitative estimate of drug-likeness (QED) is 0.213. The Kier molecular flexibility index (Phi) is 10.3. The predicted molar refractivity (Wildman–Crippen MR) is 151 cm³/mol. The average molecular weight is 541 g/mol. The van der Waals surface area contributed by atoms with E-state index in [1.165, 1.54) is 13.2 Å². The van der Waals surface area contributed by atoms with Crippen LogP contribution in [0.2, 0.25) is 0 Å². The number of esters is 1. The number of nitrogens with one attached hydrogen (secondary N) is 1. The van der Waals surface area contributed by atoms with Gasteiger partial charge in [0.2, 0.25) is 5.91 Å². The van der Waals surface area contributed by atoms with Gasteiger partial charge in [0.05, 0.1) is 31.0 Å². The lowest BCUT2D eigenvalue weighted by molar-refractivity contribution is -0.169. The number of methoxy groups -OCH3 is 1. The third-order valence-electron chi connectivity index (χ3n) is 7.15. The molecule has 0 radical (unpaired) electrons. The van der Waals surface area contributed by atoms with Gasteiger partial charge in [-0.3, -0.25) is 15.1 Å². The van der Waals surface area contributed by atoms with Crippen LogP contribution in [0.1, 0.15) is 89.8 Å². The minimum absolute atomic E-state index is 0.00209. The number of benzene rings is 1. The number of nitrogen functional groups attached to an aromatic ring is 1. The van der Waals surface area contributed by atoms with Crippen molar-refractivity contribution in [2.45, 2.75) is 96.0 Å². The second-order valence-corrected chi connectivity index (χ2v) is 11.2. The van der Waals surface area contributed by atoms with Crippen LogP contribution in [0.5, 0.6) is 5.75 Å². The number of rotatable bonds is 11. The number of hydrogen-bond donors (Lipinski definition) is 3. The Hall–Kier alpha value is -3.17. The van der Waals surface area contributed by atoms with E-state index in [0.717, 1.165) is 24.8 Å². The number of aromatic hydroxyl groups is 1. The number of amides is 1. The summed E-state index contributed by atoms with van der Waals surface area (Å²) in [4.78, 5) is 33.1. The second-order valence-electron chi connectivity index (χ2n) is 11.2. The smallest absolute Gasteiger partial charge is 0.331 e. The van der Waals surface area contributed by atoms with E-state index in [1.807, 2.05) is 39.8 Å². The Bertz CT molecular complexity index is 1100. The normalized spacial score (nSPS) is 16.7. The Morgan fingerprint density at radius 2 is 1.82 bits per heavy atom. The molecule has 39 heavy (non-hydrogen) atoms. The summed E-state index contributed by atoms with van der Waals surface area (Å²) in [5, 5.41) is 14.7. The van der Waals surface area contributed by atoms with Crippen molar-refractivity contribution in [3.8, 4) is 5.75 Å². The van der Waals surface area contributed by atoms with Gasteiger partial charge in [0, 0.05) is 36.1 Å². The van der Waals surface area contributed by atoms with Gasteiger partial charge in [-0.1, -0.05) is 19.4 Å². The molecule has 1 aromatic carbocycles. The molecule has 0 bridgehead atoms. The minimum atomic E-state index is -0.947. The van der Waals surface area contributed by atoms with E-state index in [0.29, 0.717) is 30.5 Å². The van der Waals surface area contributed by atoms with E-state index in [9.17, 15) is 14.7 Å². The number of aromatic nitrogens is 1. The molecular weight excluding hydrogens is 496 g/mol. The van der Waals surface area contributed by atoms with Crippen molar-refractivity contribution in [2.75, 3.05) is 19.5 Å². The van der Waals surface area contributed by atoms with Gasteiger partial charge in [0.1, 0.15) is 5.75 Å². The zero-order valence-corrected chi connectivity index (χ0v) is 23.9. The first-order valence-corrected chi connectivity index (χ1v) is 13.8. The molecule has 0 aliphatic heterocycles. The predicted octanol–water partition coefficient (Wildman–Crippen LogP) is 4.69. The fraction of sp³-hybridized carbons (Fsp3) is 0.567. The van der Waals surface area contributed by atoms with Crippen LogP contribution in [0.4, 0.5) is 5.69 Å². The number of pyridine rings is 1. The summed E-state index contributed by atoms with van der Waals surface area (Å²) >= 11 is 0. The van der Waals surface area contributed by atoms with Crippen molar-refractivity contribution < 1.29 is 24.2 Å². The Morgan fingerprint density at radius 1 is 1.15 bits per heavy atom. The average Bonchev–Trinajstić information content (AvgIpc) is 2.90. The number of nitrogens with two attached hydrogens (primary N) is 1. The zero-order chi connectivity index (χ0) is 28.6. The van der Waals surface area contributed by atoms with Gasteiger partial charge in [-0.15, -0.1) is 0 Å². The molecule has 1 aliphatic rings. The topological polar surface area (TPSA) is 127 Å². The third-order valence-corrected chi connectivity index (χ3v) is 7.15. The fourth-order valence-corrected chi connectivity index (χ4v) is 5.32. The lowest BCUT2D eigenvalue weighted by Gasteiger charge is -2.51.